The number of nitrogen functional groups attached to an aromatic ring is 1. The van der Waals surface area contributed by atoms with E-state index in [1.54, 1.807) is 26.8 Å². The van der Waals surface area contributed by atoms with Gasteiger partial charge < -0.3 is 15.2 Å². The fourth-order valence-electron chi connectivity index (χ4n) is 2.31. The summed E-state index contributed by atoms with van der Waals surface area (Å²) in [5, 5.41) is 2.73. The summed E-state index contributed by atoms with van der Waals surface area (Å²) < 4.78 is 9.90. The van der Waals surface area contributed by atoms with Gasteiger partial charge in [0.05, 0.1) is 18.5 Å². The minimum atomic E-state index is -0.571. The van der Waals surface area contributed by atoms with Crippen molar-refractivity contribution < 1.29 is 19.1 Å². The summed E-state index contributed by atoms with van der Waals surface area (Å²) in [5.41, 5.74) is 8.49. The van der Waals surface area contributed by atoms with E-state index in [9.17, 15) is 9.59 Å². The molecule has 1 aromatic carbocycles. The first-order chi connectivity index (χ1) is 11.1. The van der Waals surface area contributed by atoms with E-state index in [4.69, 9.17) is 10.5 Å². The highest BCUT2D eigenvalue weighted by Crippen LogP contribution is 2.28. The van der Waals surface area contributed by atoms with Gasteiger partial charge in [-0.2, -0.15) is 0 Å². The number of anilines is 2. The number of hydrogen-bond donors (Lipinski definition) is 2. The molecule has 0 aliphatic heterocycles. The Kier molecular flexibility index (Phi) is 7.07. The van der Waals surface area contributed by atoms with E-state index in [-0.39, 0.29) is 5.97 Å². The topological polar surface area (TPSA) is 90.6 Å². The van der Waals surface area contributed by atoms with E-state index in [0.717, 1.165) is 30.4 Å². The van der Waals surface area contributed by atoms with Crippen LogP contribution in [0, 0.1) is 6.92 Å². The van der Waals surface area contributed by atoms with Crippen molar-refractivity contribution in [2.45, 2.75) is 59.0 Å². The zero-order valence-electron chi connectivity index (χ0n) is 15.2. The van der Waals surface area contributed by atoms with Crippen LogP contribution in [0.4, 0.5) is 16.2 Å². The van der Waals surface area contributed by atoms with E-state index in [2.05, 4.69) is 10.1 Å². The second-order valence-corrected chi connectivity index (χ2v) is 6.72. The van der Waals surface area contributed by atoms with Gasteiger partial charge in [-0.05, 0) is 64.2 Å². The number of nitrogens with two attached hydrogens (primary N) is 1. The first-order valence-electron chi connectivity index (χ1n) is 8.09. The fourth-order valence-corrected chi connectivity index (χ4v) is 2.31. The van der Waals surface area contributed by atoms with Crippen LogP contribution in [0.1, 0.15) is 51.2 Å². The quantitative estimate of drug-likeness (QED) is 0.468. The van der Waals surface area contributed by atoms with Crippen LogP contribution < -0.4 is 11.1 Å². The number of unbranched alkanes of at least 4 members (excludes halogenated alkanes) is 1. The average Bonchev–Trinajstić information content (AvgIpc) is 2.47. The van der Waals surface area contributed by atoms with Gasteiger partial charge in [-0.25, -0.2) is 4.79 Å². The highest BCUT2D eigenvalue weighted by molar-refractivity contribution is 5.90. The van der Waals surface area contributed by atoms with E-state index in [1.807, 2.05) is 13.0 Å². The van der Waals surface area contributed by atoms with Crippen LogP contribution in [0.2, 0.25) is 0 Å². The lowest BCUT2D eigenvalue weighted by Gasteiger charge is -2.21. The normalized spacial score (nSPS) is 11.0. The van der Waals surface area contributed by atoms with Crippen LogP contribution in [-0.2, 0) is 20.7 Å². The van der Waals surface area contributed by atoms with Gasteiger partial charge in [-0.15, -0.1) is 0 Å². The number of aryl methyl sites for hydroxylation is 1. The third kappa shape index (κ3) is 6.48. The number of carbonyl (C=O) groups is 2. The van der Waals surface area contributed by atoms with Gasteiger partial charge in [-0.3, -0.25) is 10.1 Å². The first kappa shape index (κ1) is 19.8. The number of carbonyl (C=O) groups excluding carboxylic acids is 2. The molecule has 1 aromatic rings. The molecular weight excluding hydrogens is 308 g/mol. The van der Waals surface area contributed by atoms with Crippen molar-refractivity contribution in [3.8, 4) is 0 Å². The number of amides is 1. The number of nitrogens with one attached hydrogen (secondary N) is 1. The molecule has 1 amide bonds. The zero-order valence-corrected chi connectivity index (χ0v) is 15.2. The molecule has 0 aliphatic rings. The van der Waals surface area contributed by atoms with Gasteiger partial charge in [0, 0.05) is 6.42 Å². The van der Waals surface area contributed by atoms with Crippen molar-refractivity contribution in [2.24, 2.45) is 0 Å². The fraction of sp³-hybridized carbons (Fsp3) is 0.556. The number of esters is 1. The van der Waals surface area contributed by atoms with Crippen LogP contribution >= 0.6 is 0 Å². The van der Waals surface area contributed by atoms with E-state index >= 15 is 0 Å². The molecular formula is C18H28N2O4. The Balaban J connectivity index is 2.73. The molecule has 0 atom stereocenters. The Bertz CT molecular complexity index is 591. The van der Waals surface area contributed by atoms with E-state index < -0.39 is 11.7 Å². The Morgan fingerprint density at radius 2 is 1.88 bits per heavy atom. The molecule has 0 saturated heterocycles. The molecule has 6 nitrogen and oxygen atoms in total. The third-order valence-corrected chi connectivity index (χ3v) is 3.54. The van der Waals surface area contributed by atoms with Gasteiger partial charge in [0.1, 0.15) is 5.60 Å². The van der Waals surface area contributed by atoms with Gasteiger partial charge in [-0.1, -0.05) is 6.07 Å². The van der Waals surface area contributed by atoms with Crippen molar-refractivity contribution in [3.63, 3.8) is 0 Å². The molecule has 1 rings (SSSR count). The summed E-state index contributed by atoms with van der Waals surface area (Å²) in [7, 11) is 1.39. The number of hydrogen-bond acceptors (Lipinski definition) is 5. The number of rotatable bonds is 6. The number of benzene rings is 1. The number of methoxy groups -OCH3 is 1. The van der Waals surface area contributed by atoms with Crippen LogP contribution in [-0.4, -0.2) is 24.8 Å². The Hall–Kier alpha value is -2.24. The van der Waals surface area contributed by atoms with Crippen LogP contribution in [0.25, 0.3) is 0 Å². The third-order valence-electron chi connectivity index (χ3n) is 3.54. The lowest BCUT2D eigenvalue weighted by atomic mass is 9.99. The van der Waals surface area contributed by atoms with Gasteiger partial charge >= 0.3 is 12.1 Å². The Morgan fingerprint density at radius 1 is 1.21 bits per heavy atom. The number of ether oxygens (including phenoxy) is 2. The minimum Gasteiger partial charge on any atom is -0.469 e. The minimum absolute atomic E-state index is 0.198. The molecule has 0 aromatic heterocycles. The molecule has 0 bridgehead atoms. The highest BCUT2D eigenvalue weighted by Gasteiger charge is 2.18. The van der Waals surface area contributed by atoms with Crippen molar-refractivity contribution in [1.82, 2.24) is 0 Å². The summed E-state index contributed by atoms with van der Waals surface area (Å²) in [6.45, 7) is 7.33. The summed E-state index contributed by atoms with van der Waals surface area (Å²) in [5.74, 6) is -0.198. The zero-order chi connectivity index (χ0) is 18.3. The molecule has 0 fully saturated rings. The summed E-state index contributed by atoms with van der Waals surface area (Å²) in [4.78, 5) is 23.1. The largest absolute Gasteiger partial charge is 0.469 e. The van der Waals surface area contributed by atoms with Crippen LogP contribution in [0.15, 0.2) is 12.1 Å². The molecule has 0 radical (unpaired) electrons. The molecule has 0 spiro atoms. The van der Waals surface area contributed by atoms with Gasteiger partial charge in [0.15, 0.2) is 0 Å². The molecule has 3 N–H and O–H groups in total. The van der Waals surface area contributed by atoms with Crippen molar-refractivity contribution in [2.75, 3.05) is 18.2 Å². The standard InChI is InChI=1S/C18H28N2O4/c1-12-13(8-6-7-9-15(21)23-5)10-11-14(19)16(12)20-17(22)24-18(2,3)4/h10-11H,6-9,19H2,1-5H3,(H,20,22). The van der Waals surface area contributed by atoms with Crippen molar-refractivity contribution in [3.05, 3.63) is 23.3 Å². The second kappa shape index (κ2) is 8.57. The van der Waals surface area contributed by atoms with Crippen molar-refractivity contribution >= 4 is 23.4 Å². The summed E-state index contributed by atoms with van der Waals surface area (Å²) >= 11 is 0. The molecule has 6 heteroatoms. The van der Waals surface area contributed by atoms with Crippen LogP contribution in [0.3, 0.4) is 0 Å². The molecule has 0 unspecified atom stereocenters. The second-order valence-electron chi connectivity index (χ2n) is 6.72. The molecule has 134 valence electrons. The maximum absolute atomic E-state index is 12.0. The molecule has 0 saturated carbocycles. The predicted octanol–water partition coefficient (Wildman–Crippen LogP) is 3.81. The maximum atomic E-state index is 12.0. The summed E-state index contributed by atoms with van der Waals surface area (Å²) in [6.07, 6.45) is 2.29. The Labute approximate surface area is 143 Å². The lowest BCUT2D eigenvalue weighted by Crippen LogP contribution is -2.27. The maximum Gasteiger partial charge on any atom is 0.412 e. The summed E-state index contributed by atoms with van der Waals surface area (Å²) in [6, 6.07) is 3.72. The van der Waals surface area contributed by atoms with Gasteiger partial charge in [0.25, 0.3) is 0 Å². The first-order valence-corrected chi connectivity index (χ1v) is 8.09. The van der Waals surface area contributed by atoms with Crippen LogP contribution in [0.5, 0.6) is 0 Å². The van der Waals surface area contributed by atoms with E-state index in [1.165, 1.54) is 7.11 Å². The van der Waals surface area contributed by atoms with Crippen molar-refractivity contribution in [1.29, 1.82) is 0 Å². The Morgan fingerprint density at radius 3 is 2.46 bits per heavy atom. The lowest BCUT2D eigenvalue weighted by molar-refractivity contribution is -0.140. The molecule has 0 heterocycles. The smallest absolute Gasteiger partial charge is 0.412 e. The van der Waals surface area contributed by atoms with Gasteiger partial charge in [0.2, 0.25) is 0 Å². The highest BCUT2D eigenvalue weighted by atomic mass is 16.6. The average molecular weight is 336 g/mol. The monoisotopic (exact) mass is 336 g/mol. The predicted molar refractivity (Wildman–Crippen MR) is 95.0 cm³/mol. The SMILES string of the molecule is COC(=O)CCCCc1ccc(N)c(NC(=O)OC(C)(C)C)c1C. The molecule has 24 heavy (non-hydrogen) atoms. The van der Waals surface area contributed by atoms with E-state index in [0.29, 0.717) is 17.8 Å². The molecule has 0 aliphatic carbocycles.